The number of aliphatic hydroxyl groups excluding tert-OH is 1. The highest BCUT2D eigenvalue weighted by molar-refractivity contribution is 5.37. The summed E-state index contributed by atoms with van der Waals surface area (Å²) in [5.41, 5.74) is -0.940. The van der Waals surface area contributed by atoms with E-state index in [4.69, 9.17) is 14.2 Å². The molecule has 0 aliphatic heterocycles. The Kier molecular flexibility index (Phi) is 7.66. The van der Waals surface area contributed by atoms with Crippen LogP contribution in [0.3, 0.4) is 0 Å². The first-order valence-electron chi connectivity index (χ1n) is 7.16. The Hall–Kier alpha value is -1.97. The summed E-state index contributed by atoms with van der Waals surface area (Å²) < 4.78 is 16.8. The monoisotopic (exact) mass is 330 g/mol. The molecule has 23 heavy (non-hydrogen) atoms. The van der Waals surface area contributed by atoms with Crippen molar-refractivity contribution in [3.05, 3.63) is 32.6 Å². The molecule has 0 bridgehead atoms. The molecule has 2 N–H and O–H groups in total. The van der Waals surface area contributed by atoms with Gasteiger partial charge < -0.3 is 19.3 Å². The van der Waals surface area contributed by atoms with Gasteiger partial charge in [0, 0.05) is 25.5 Å². The summed E-state index contributed by atoms with van der Waals surface area (Å²) in [6, 6.07) is 0. The normalized spacial score (nSPS) is 15.0. The lowest BCUT2D eigenvalue weighted by atomic mass is 10.1. The Bertz CT molecular complexity index is 606. The number of hydrogen-bond acceptors (Lipinski definition) is 7. The van der Waals surface area contributed by atoms with Crippen molar-refractivity contribution in [1.29, 1.82) is 0 Å². The lowest BCUT2D eigenvalue weighted by Gasteiger charge is -2.31. The van der Waals surface area contributed by atoms with Gasteiger partial charge in [-0.15, -0.1) is 0 Å². The SMILES string of the molecule is CCCOC(C(OC=O)C(CO)OC)n1cc(C)c(=O)[nH]c1=O. The molecule has 0 saturated heterocycles. The highest BCUT2D eigenvalue weighted by Gasteiger charge is 2.34. The molecule has 0 radical (unpaired) electrons. The summed E-state index contributed by atoms with van der Waals surface area (Å²) >= 11 is 0. The number of aromatic amines is 1. The number of carbonyl (C=O) groups is 1. The van der Waals surface area contributed by atoms with Gasteiger partial charge in [0.1, 0.15) is 6.10 Å². The molecule has 0 aliphatic rings. The van der Waals surface area contributed by atoms with Gasteiger partial charge in [0.2, 0.25) is 0 Å². The van der Waals surface area contributed by atoms with Crippen LogP contribution in [0.1, 0.15) is 25.1 Å². The molecule has 3 unspecified atom stereocenters. The molecule has 0 spiro atoms. The van der Waals surface area contributed by atoms with Gasteiger partial charge in [-0.3, -0.25) is 19.1 Å². The first-order valence-corrected chi connectivity index (χ1v) is 7.16. The molecular weight excluding hydrogens is 308 g/mol. The lowest BCUT2D eigenvalue weighted by Crippen LogP contribution is -2.46. The summed E-state index contributed by atoms with van der Waals surface area (Å²) in [5.74, 6) is 0. The molecule has 0 aliphatic carbocycles. The van der Waals surface area contributed by atoms with E-state index in [1.807, 2.05) is 6.92 Å². The van der Waals surface area contributed by atoms with Crippen LogP contribution in [0.15, 0.2) is 15.8 Å². The number of aromatic nitrogens is 2. The zero-order valence-electron chi connectivity index (χ0n) is 13.4. The zero-order chi connectivity index (χ0) is 17.4. The van der Waals surface area contributed by atoms with E-state index in [1.165, 1.54) is 20.2 Å². The molecule has 1 aromatic rings. The average Bonchev–Trinajstić information content (AvgIpc) is 2.53. The standard InChI is InChI=1S/C14H22N2O7/c1-4-5-22-13(11(23-8-18)10(7-17)21-3)16-6-9(2)12(19)15-14(16)20/h6,8,10-11,13,17H,4-5,7H2,1-3H3,(H,15,19,20). The number of hydrogen-bond donors (Lipinski definition) is 2. The largest absolute Gasteiger partial charge is 0.457 e. The average molecular weight is 330 g/mol. The molecule has 0 saturated carbocycles. The van der Waals surface area contributed by atoms with Crippen molar-refractivity contribution < 1.29 is 24.1 Å². The van der Waals surface area contributed by atoms with Crippen LogP contribution < -0.4 is 11.2 Å². The van der Waals surface area contributed by atoms with Crippen molar-refractivity contribution in [2.75, 3.05) is 20.3 Å². The quantitative estimate of drug-likeness (QED) is 0.545. The van der Waals surface area contributed by atoms with E-state index >= 15 is 0 Å². The second-order valence-corrected chi connectivity index (χ2v) is 4.89. The van der Waals surface area contributed by atoms with E-state index in [-0.39, 0.29) is 18.6 Å². The Morgan fingerprint density at radius 3 is 2.65 bits per heavy atom. The Morgan fingerprint density at radius 1 is 1.43 bits per heavy atom. The van der Waals surface area contributed by atoms with Crippen LogP contribution in [0.2, 0.25) is 0 Å². The van der Waals surface area contributed by atoms with E-state index in [0.29, 0.717) is 6.42 Å². The van der Waals surface area contributed by atoms with Crippen molar-refractivity contribution in [3.8, 4) is 0 Å². The fraction of sp³-hybridized carbons (Fsp3) is 0.643. The molecule has 1 heterocycles. The molecule has 3 atom stereocenters. The number of methoxy groups -OCH3 is 1. The van der Waals surface area contributed by atoms with Gasteiger partial charge in [-0.25, -0.2) is 4.79 Å². The van der Waals surface area contributed by atoms with E-state index in [1.54, 1.807) is 0 Å². The molecule has 1 rings (SSSR count). The van der Waals surface area contributed by atoms with Crippen LogP contribution in [-0.4, -0.2) is 53.7 Å². The van der Waals surface area contributed by atoms with Crippen molar-refractivity contribution >= 4 is 6.47 Å². The minimum absolute atomic E-state index is 0.193. The van der Waals surface area contributed by atoms with Gasteiger partial charge in [0.05, 0.1) is 6.61 Å². The number of H-pyrrole nitrogens is 1. The molecule has 1 aromatic heterocycles. The summed E-state index contributed by atoms with van der Waals surface area (Å²) in [5, 5.41) is 9.39. The highest BCUT2D eigenvalue weighted by atomic mass is 16.6. The number of aliphatic hydroxyl groups is 1. The number of nitrogens with zero attached hydrogens (tertiary/aromatic N) is 1. The first kappa shape index (κ1) is 19.1. The smallest absolute Gasteiger partial charge is 0.330 e. The molecule has 9 heteroatoms. The van der Waals surface area contributed by atoms with E-state index < -0.39 is 36.3 Å². The number of aryl methyl sites for hydroxylation is 1. The highest BCUT2D eigenvalue weighted by Crippen LogP contribution is 2.20. The second-order valence-electron chi connectivity index (χ2n) is 4.89. The number of carbonyl (C=O) groups excluding carboxylic acids is 1. The summed E-state index contributed by atoms with van der Waals surface area (Å²) in [6.07, 6.45) is -1.07. The maximum Gasteiger partial charge on any atom is 0.330 e. The van der Waals surface area contributed by atoms with Gasteiger partial charge in [-0.05, 0) is 13.3 Å². The molecule has 130 valence electrons. The van der Waals surface area contributed by atoms with Crippen molar-refractivity contribution in [2.24, 2.45) is 0 Å². The molecule has 0 amide bonds. The van der Waals surface area contributed by atoms with Gasteiger partial charge >= 0.3 is 5.69 Å². The van der Waals surface area contributed by atoms with Crippen LogP contribution in [0.25, 0.3) is 0 Å². The third kappa shape index (κ3) is 4.75. The fourth-order valence-corrected chi connectivity index (χ4v) is 2.06. The maximum absolute atomic E-state index is 12.1. The van der Waals surface area contributed by atoms with Crippen molar-refractivity contribution in [3.63, 3.8) is 0 Å². The van der Waals surface area contributed by atoms with Gasteiger partial charge in [-0.2, -0.15) is 0 Å². The van der Waals surface area contributed by atoms with Gasteiger partial charge in [0.15, 0.2) is 12.3 Å². The molecule has 0 fully saturated rings. The Balaban J connectivity index is 3.35. The van der Waals surface area contributed by atoms with E-state index in [0.717, 1.165) is 4.57 Å². The second kappa shape index (κ2) is 9.23. The number of ether oxygens (including phenoxy) is 3. The molecular formula is C14H22N2O7. The van der Waals surface area contributed by atoms with Gasteiger partial charge in [0.25, 0.3) is 12.0 Å². The maximum atomic E-state index is 12.1. The van der Waals surface area contributed by atoms with E-state index in [9.17, 15) is 19.5 Å². The van der Waals surface area contributed by atoms with Gasteiger partial charge in [-0.1, -0.05) is 6.92 Å². The first-order chi connectivity index (χ1) is 11.0. The summed E-state index contributed by atoms with van der Waals surface area (Å²) in [7, 11) is 1.33. The number of nitrogens with one attached hydrogen (secondary N) is 1. The number of rotatable bonds is 10. The van der Waals surface area contributed by atoms with E-state index in [2.05, 4.69) is 4.98 Å². The van der Waals surface area contributed by atoms with Crippen LogP contribution in [0.4, 0.5) is 0 Å². The Labute approximate surface area is 132 Å². The van der Waals surface area contributed by atoms with Crippen LogP contribution in [0, 0.1) is 6.92 Å². The zero-order valence-corrected chi connectivity index (χ0v) is 13.4. The Morgan fingerprint density at radius 2 is 2.13 bits per heavy atom. The minimum atomic E-state index is -1.07. The van der Waals surface area contributed by atoms with Crippen molar-refractivity contribution in [2.45, 2.75) is 38.7 Å². The lowest BCUT2D eigenvalue weighted by molar-refractivity contribution is -0.174. The minimum Gasteiger partial charge on any atom is -0.457 e. The predicted molar refractivity (Wildman–Crippen MR) is 80.2 cm³/mol. The fourth-order valence-electron chi connectivity index (χ4n) is 2.06. The third-order valence-corrected chi connectivity index (χ3v) is 3.26. The molecule has 9 nitrogen and oxygen atoms in total. The van der Waals surface area contributed by atoms with Crippen LogP contribution in [0.5, 0.6) is 0 Å². The van der Waals surface area contributed by atoms with Crippen molar-refractivity contribution in [1.82, 2.24) is 9.55 Å². The summed E-state index contributed by atoms with van der Waals surface area (Å²) in [4.78, 5) is 36.6. The predicted octanol–water partition coefficient (Wildman–Crippen LogP) is -0.681. The molecule has 0 aromatic carbocycles. The van der Waals surface area contributed by atoms with Crippen LogP contribution >= 0.6 is 0 Å². The third-order valence-electron chi connectivity index (χ3n) is 3.26. The topological polar surface area (TPSA) is 120 Å². The summed E-state index contributed by atoms with van der Waals surface area (Å²) in [6.45, 7) is 3.42. The van der Waals surface area contributed by atoms with Crippen LogP contribution in [-0.2, 0) is 19.0 Å².